The molecular formula is C15H22N2O. The molecule has 3 heteroatoms. The molecule has 0 heterocycles. The number of hydrogen-bond acceptors (Lipinski definition) is 2. The van der Waals surface area contributed by atoms with E-state index in [4.69, 9.17) is 5.73 Å². The number of nitrogens with two attached hydrogens (primary N) is 1. The molecule has 18 heavy (non-hydrogen) atoms. The molecule has 3 nitrogen and oxygen atoms in total. The second-order valence-corrected chi connectivity index (χ2v) is 5.45. The highest BCUT2D eigenvalue weighted by atomic mass is 16.1. The molecular weight excluding hydrogens is 224 g/mol. The zero-order chi connectivity index (χ0) is 13.1. The summed E-state index contributed by atoms with van der Waals surface area (Å²) in [5.74, 6) is 0.484. The van der Waals surface area contributed by atoms with Crippen LogP contribution in [0.3, 0.4) is 0 Å². The first kappa shape index (κ1) is 13.1. The maximum atomic E-state index is 12.1. The Morgan fingerprint density at radius 3 is 2.44 bits per heavy atom. The Balaban J connectivity index is 2.00. The van der Waals surface area contributed by atoms with Crippen LogP contribution >= 0.6 is 0 Å². The third kappa shape index (κ3) is 2.91. The van der Waals surface area contributed by atoms with Gasteiger partial charge < -0.3 is 11.1 Å². The van der Waals surface area contributed by atoms with Gasteiger partial charge in [0, 0.05) is 17.6 Å². The summed E-state index contributed by atoms with van der Waals surface area (Å²) >= 11 is 0. The van der Waals surface area contributed by atoms with Crippen LogP contribution < -0.4 is 11.1 Å². The van der Waals surface area contributed by atoms with Crippen LogP contribution in [0.2, 0.25) is 0 Å². The zero-order valence-electron chi connectivity index (χ0n) is 11.1. The van der Waals surface area contributed by atoms with E-state index >= 15 is 0 Å². The molecule has 0 aromatic heterocycles. The molecule has 1 aliphatic carbocycles. The lowest BCUT2D eigenvalue weighted by Crippen LogP contribution is -2.43. The fourth-order valence-electron chi connectivity index (χ4n) is 2.44. The molecule has 2 unspecified atom stereocenters. The molecule has 1 aromatic rings. The summed E-state index contributed by atoms with van der Waals surface area (Å²) in [4.78, 5) is 12.1. The molecule has 1 fully saturated rings. The zero-order valence-corrected chi connectivity index (χ0v) is 11.1. The number of rotatable bonds is 3. The van der Waals surface area contributed by atoms with Crippen LogP contribution in [0, 0.1) is 0 Å². The molecule has 1 saturated carbocycles. The van der Waals surface area contributed by atoms with Crippen molar-refractivity contribution in [2.24, 2.45) is 5.73 Å². The number of amides is 1. The van der Waals surface area contributed by atoms with Crippen LogP contribution in [-0.4, -0.2) is 18.0 Å². The van der Waals surface area contributed by atoms with Gasteiger partial charge in [0.2, 0.25) is 0 Å². The summed E-state index contributed by atoms with van der Waals surface area (Å²) in [6.45, 7) is 4.29. The van der Waals surface area contributed by atoms with Gasteiger partial charge >= 0.3 is 0 Å². The first-order chi connectivity index (χ1) is 8.58. The summed E-state index contributed by atoms with van der Waals surface area (Å²) in [5, 5.41) is 3.03. The van der Waals surface area contributed by atoms with E-state index in [2.05, 4.69) is 19.2 Å². The van der Waals surface area contributed by atoms with E-state index in [1.54, 1.807) is 0 Å². The molecule has 0 spiro atoms. The maximum absolute atomic E-state index is 12.1. The Bertz CT molecular complexity index is 411. The van der Waals surface area contributed by atoms with E-state index in [1.807, 2.05) is 24.3 Å². The Morgan fingerprint density at radius 1 is 1.28 bits per heavy atom. The fourth-order valence-corrected chi connectivity index (χ4v) is 2.44. The van der Waals surface area contributed by atoms with Crippen molar-refractivity contribution in [3.05, 3.63) is 35.4 Å². The first-order valence-corrected chi connectivity index (χ1v) is 6.74. The van der Waals surface area contributed by atoms with Crippen LogP contribution in [0.15, 0.2) is 24.3 Å². The molecule has 0 radical (unpaired) electrons. The van der Waals surface area contributed by atoms with Crippen molar-refractivity contribution in [1.29, 1.82) is 0 Å². The Labute approximate surface area is 109 Å². The number of benzene rings is 1. The molecule has 1 aliphatic rings. The molecule has 0 saturated heterocycles. The summed E-state index contributed by atoms with van der Waals surface area (Å²) in [6.07, 6.45) is 3.12. The van der Waals surface area contributed by atoms with Crippen molar-refractivity contribution in [3.63, 3.8) is 0 Å². The smallest absolute Gasteiger partial charge is 0.251 e. The lowest BCUT2D eigenvalue weighted by atomic mass is 10.0. The van der Waals surface area contributed by atoms with E-state index in [9.17, 15) is 4.79 Å². The quantitative estimate of drug-likeness (QED) is 0.860. The van der Waals surface area contributed by atoms with Crippen LogP contribution in [0.25, 0.3) is 0 Å². The number of carbonyl (C=O) groups excluding carboxylic acids is 1. The van der Waals surface area contributed by atoms with Gasteiger partial charge in [-0.3, -0.25) is 4.79 Å². The van der Waals surface area contributed by atoms with Crippen molar-refractivity contribution in [2.75, 3.05) is 0 Å². The first-order valence-electron chi connectivity index (χ1n) is 6.74. The van der Waals surface area contributed by atoms with Gasteiger partial charge in [-0.1, -0.05) is 26.0 Å². The molecule has 98 valence electrons. The molecule has 1 amide bonds. The van der Waals surface area contributed by atoms with Gasteiger partial charge in [-0.15, -0.1) is 0 Å². The third-order valence-electron chi connectivity index (χ3n) is 3.73. The van der Waals surface area contributed by atoms with E-state index in [-0.39, 0.29) is 18.0 Å². The average Bonchev–Trinajstić information content (AvgIpc) is 2.75. The monoisotopic (exact) mass is 246 g/mol. The summed E-state index contributed by atoms with van der Waals surface area (Å²) < 4.78 is 0. The standard InChI is InChI=1S/C15H22N2O/c1-10(2)11-6-8-12(9-7-11)15(18)17-14-5-3-4-13(14)16/h6-10,13-14H,3-5,16H2,1-2H3,(H,17,18). The van der Waals surface area contributed by atoms with Gasteiger partial charge in [-0.25, -0.2) is 0 Å². The van der Waals surface area contributed by atoms with Crippen molar-refractivity contribution in [2.45, 2.75) is 51.1 Å². The highest BCUT2D eigenvalue weighted by molar-refractivity contribution is 5.94. The van der Waals surface area contributed by atoms with Gasteiger partial charge in [0.1, 0.15) is 0 Å². The second-order valence-electron chi connectivity index (χ2n) is 5.45. The van der Waals surface area contributed by atoms with E-state index in [1.165, 1.54) is 5.56 Å². The van der Waals surface area contributed by atoms with Crippen LogP contribution in [0.4, 0.5) is 0 Å². The fraction of sp³-hybridized carbons (Fsp3) is 0.533. The van der Waals surface area contributed by atoms with Crippen molar-refractivity contribution in [1.82, 2.24) is 5.32 Å². The second kappa shape index (κ2) is 5.53. The summed E-state index contributed by atoms with van der Waals surface area (Å²) in [6, 6.07) is 8.09. The minimum atomic E-state index is -0.00680. The lowest BCUT2D eigenvalue weighted by Gasteiger charge is -2.17. The Morgan fingerprint density at radius 2 is 1.94 bits per heavy atom. The molecule has 3 N–H and O–H groups in total. The van der Waals surface area contributed by atoms with Crippen molar-refractivity contribution < 1.29 is 4.79 Å². The summed E-state index contributed by atoms with van der Waals surface area (Å²) in [7, 11) is 0. The largest absolute Gasteiger partial charge is 0.348 e. The lowest BCUT2D eigenvalue weighted by molar-refractivity contribution is 0.0934. The molecule has 2 rings (SSSR count). The highest BCUT2D eigenvalue weighted by Crippen LogP contribution is 2.18. The molecule has 2 atom stereocenters. The molecule has 0 bridgehead atoms. The Hall–Kier alpha value is -1.35. The maximum Gasteiger partial charge on any atom is 0.251 e. The van der Waals surface area contributed by atoms with Crippen LogP contribution in [0.1, 0.15) is 54.9 Å². The minimum absolute atomic E-state index is 0.00680. The molecule has 1 aromatic carbocycles. The number of carbonyl (C=O) groups is 1. The van der Waals surface area contributed by atoms with Crippen LogP contribution in [-0.2, 0) is 0 Å². The van der Waals surface area contributed by atoms with Crippen molar-refractivity contribution in [3.8, 4) is 0 Å². The van der Waals surface area contributed by atoms with E-state index in [0.717, 1.165) is 24.8 Å². The van der Waals surface area contributed by atoms with E-state index < -0.39 is 0 Å². The normalized spacial score (nSPS) is 23.3. The highest BCUT2D eigenvalue weighted by Gasteiger charge is 2.25. The van der Waals surface area contributed by atoms with Gasteiger partial charge in [-0.05, 0) is 42.9 Å². The SMILES string of the molecule is CC(C)c1ccc(C(=O)NC2CCCC2N)cc1. The third-order valence-corrected chi connectivity index (χ3v) is 3.73. The topological polar surface area (TPSA) is 55.1 Å². The van der Waals surface area contributed by atoms with Crippen molar-refractivity contribution >= 4 is 5.91 Å². The van der Waals surface area contributed by atoms with Gasteiger partial charge in [0.05, 0.1) is 0 Å². The van der Waals surface area contributed by atoms with E-state index in [0.29, 0.717) is 5.92 Å². The number of nitrogens with one attached hydrogen (secondary N) is 1. The predicted molar refractivity (Wildman–Crippen MR) is 73.6 cm³/mol. The minimum Gasteiger partial charge on any atom is -0.348 e. The van der Waals surface area contributed by atoms with Gasteiger partial charge in [-0.2, -0.15) is 0 Å². The number of hydrogen-bond donors (Lipinski definition) is 2. The molecule has 0 aliphatic heterocycles. The predicted octanol–water partition coefficient (Wildman–Crippen LogP) is 2.42. The average molecular weight is 246 g/mol. The van der Waals surface area contributed by atoms with Gasteiger partial charge in [0.25, 0.3) is 5.91 Å². The van der Waals surface area contributed by atoms with Crippen LogP contribution in [0.5, 0.6) is 0 Å². The Kier molecular flexibility index (Phi) is 4.02. The summed E-state index contributed by atoms with van der Waals surface area (Å²) in [5.41, 5.74) is 7.93. The van der Waals surface area contributed by atoms with Gasteiger partial charge in [0.15, 0.2) is 0 Å².